The standard InChI is InChI=1S/C18H19N3O5/c22-8-12-15(23)16(24)17(25)18(26-12)21-11-7-9-3-1-5-19-13(9)14-10(11)4-2-6-20-14/h1-7,12,15-18,21-25H,8H2/t12-,15+,16+,17-,18-/m1/s1. The summed E-state index contributed by atoms with van der Waals surface area (Å²) >= 11 is 0. The lowest BCUT2D eigenvalue weighted by Gasteiger charge is -2.40. The fourth-order valence-corrected chi connectivity index (χ4v) is 3.27. The molecule has 1 saturated heterocycles. The summed E-state index contributed by atoms with van der Waals surface area (Å²) < 4.78 is 5.54. The summed E-state index contributed by atoms with van der Waals surface area (Å²) in [6.07, 6.45) is -2.82. The van der Waals surface area contributed by atoms with Gasteiger partial charge >= 0.3 is 0 Å². The Morgan fingerprint density at radius 1 is 0.962 bits per heavy atom. The van der Waals surface area contributed by atoms with Gasteiger partial charge in [-0.1, -0.05) is 6.07 Å². The van der Waals surface area contributed by atoms with E-state index in [-0.39, 0.29) is 0 Å². The molecule has 0 radical (unpaired) electrons. The van der Waals surface area contributed by atoms with Gasteiger partial charge < -0.3 is 30.5 Å². The molecule has 0 unspecified atom stereocenters. The summed E-state index contributed by atoms with van der Waals surface area (Å²) in [7, 11) is 0. The van der Waals surface area contributed by atoms with Crippen LogP contribution in [0.15, 0.2) is 42.7 Å². The van der Waals surface area contributed by atoms with E-state index in [0.29, 0.717) is 11.2 Å². The van der Waals surface area contributed by atoms with Gasteiger partial charge in [-0.15, -0.1) is 0 Å². The van der Waals surface area contributed by atoms with Crippen LogP contribution >= 0.6 is 0 Å². The zero-order valence-electron chi connectivity index (χ0n) is 13.7. The minimum absolute atomic E-state index is 0.479. The van der Waals surface area contributed by atoms with Gasteiger partial charge in [-0.25, -0.2) is 0 Å². The quantitative estimate of drug-likeness (QED) is 0.414. The van der Waals surface area contributed by atoms with E-state index in [1.54, 1.807) is 18.5 Å². The molecule has 4 rings (SSSR count). The van der Waals surface area contributed by atoms with Crippen molar-refractivity contribution < 1.29 is 25.2 Å². The van der Waals surface area contributed by atoms with E-state index in [9.17, 15) is 20.4 Å². The molecule has 1 aliphatic heterocycles. The van der Waals surface area contributed by atoms with Crippen LogP contribution < -0.4 is 5.32 Å². The molecule has 8 heteroatoms. The number of aliphatic hydroxyl groups is 4. The Bertz CT molecular complexity index is 935. The zero-order valence-corrected chi connectivity index (χ0v) is 13.7. The number of hydrogen-bond acceptors (Lipinski definition) is 8. The van der Waals surface area contributed by atoms with Crippen LogP contribution in [-0.2, 0) is 4.74 Å². The van der Waals surface area contributed by atoms with Gasteiger partial charge in [0.2, 0.25) is 0 Å². The number of aromatic nitrogens is 2. The number of rotatable bonds is 3. The van der Waals surface area contributed by atoms with Crippen LogP contribution in [0.1, 0.15) is 0 Å². The number of hydrogen-bond donors (Lipinski definition) is 5. The normalized spacial score (nSPS) is 29.2. The van der Waals surface area contributed by atoms with Gasteiger partial charge in [0.15, 0.2) is 6.23 Å². The largest absolute Gasteiger partial charge is 0.394 e. The SMILES string of the molecule is OC[C@H]1O[C@@H](Nc2cc3cccnc3c3ncccc23)[C@H](O)[C@@H](O)[C@H]1O. The summed E-state index contributed by atoms with van der Waals surface area (Å²) in [5.74, 6) is 0. The first kappa shape index (κ1) is 17.1. The maximum Gasteiger partial charge on any atom is 0.157 e. The lowest BCUT2D eigenvalue weighted by molar-refractivity contribution is -0.221. The van der Waals surface area contributed by atoms with Gasteiger partial charge in [0.25, 0.3) is 0 Å². The zero-order chi connectivity index (χ0) is 18.3. The molecule has 3 heterocycles. The minimum atomic E-state index is -1.44. The molecule has 1 aliphatic rings. The van der Waals surface area contributed by atoms with Gasteiger partial charge in [0, 0.05) is 28.9 Å². The van der Waals surface area contributed by atoms with E-state index >= 15 is 0 Å². The van der Waals surface area contributed by atoms with E-state index in [1.807, 2.05) is 24.3 Å². The number of pyridine rings is 2. The van der Waals surface area contributed by atoms with Crippen molar-refractivity contribution in [3.8, 4) is 0 Å². The van der Waals surface area contributed by atoms with Crippen molar-refractivity contribution in [3.63, 3.8) is 0 Å². The number of nitrogens with zero attached hydrogens (tertiary/aromatic N) is 2. The second kappa shape index (κ2) is 6.75. The molecule has 0 bridgehead atoms. The third-order valence-electron chi connectivity index (χ3n) is 4.65. The van der Waals surface area contributed by atoms with Crippen LogP contribution in [0.5, 0.6) is 0 Å². The molecule has 0 saturated carbocycles. The highest BCUT2D eigenvalue weighted by molar-refractivity contribution is 6.08. The average molecular weight is 357 g/mol. The van der Waals surface area contributed by atoms with E-state index in [4.69, 9.17) is 4.74 Å². The van der Waals surface area contributed by atoms with Crippen molar-refractivity contribution in [1.29, 1.82) is 0 Å². The summed E-state index contributed by atoms with van der Waals surface area (Å²) in [6, 6.07) is 9.22. The molecule has 3 aromatic rings. The molecule has 8 nitrogen and oxygen atoms in total. The Labute approximate surface area is 148 Å². The number of nitrogens with one attached hydrogen (secondary N) is 1. The molecular formula is C18H19N3O5. The molecule has 26 heavy (non-hydrogen) atoms. The fourth-order valence-electron chi connectivity index (χ4n) is 3.27. The fraction of sp³-hybridized carbons (Fsp3) is 0.333. The van der Waals surface area contributed by atoms with Crippen molar-refractivity contribution >= 4 is 27.5 Å². The van der Waals surface area contributed by atoms with Crippen LogP contribution in [-0.4, -0.2) is 67.6 Å². The molecule has 5 atom stereocenters. The van der Waals surface area contributed by atoms with E-state index in [1.165, 1.54) is 0 Å². The van der Waals surface area contributed by atoms with Crippen LogP contribution in [0.4, 0.5) is 5.69 Å². The van der Waals surface area contributed by atoms with E-state index in [2.05, 4.69) is 15.3 Å². The molecule has 136 valence electrons. The van der Waals surface area contributed by atoms with Crippen molar-refractivity contribution in [2.75, 3.05) is 11.9 Å². The van der Waals surface area contributed by atoms with Crippen molar-refractivity contribution in [2.24, 2.45) is 0 Å². The van der Waals surface area contributed by atoms with E-state index in [0.717, 1.165) is 16.3 Å². The van der Waals surface area contributed by atoms with Gasteiger partial charge in [-0.2, -0.15) is 0 Å². The molecule has 5 N–H and O–H groups in total. The summed E-state index contributed by atoms with van der Waals surface area (Å²) in [4.78, 5) is 8.79. The van der Waals surface area contributed by atoms with Crippen LogP contribution in [0.2, 0.25) is 0 Å². The van der Waals surface area contributed by atoms with Gasteiger partial charge in [0.1, 0.15) is 24.4 Å². The Balaban J connectivity index is 1.76. The Morgan fingerprint density at radius 2 is 1.69 bits per heavy atom. The first-order chi connectivity index (χ1) is 12.6. The summed E-state index contributed by atoms with van der Waals surface area (Å²) in [5, 5.41) is 44.2. The number of ether oxygens (including phenoxy) is 1. The average Bonchev–Trinajstić information content (AvgIpc) is 2.68. The number of anilines is 1. The Hall–Kier alpha value is -2.36. The molecule has 0 amide bonds. The molecule has 0 spiro atoms. The summed E-state index contributed by atoms with van der Waals surface area (Å²) in [6.45, 7) is -0.479. The van der Waals surface area contributed by atoms with Gasteiger partial charge in [-0.05, 0) is 24.3 Å². The van der Waals surface area contributed by atoms with Crippen LogP contribution in [0.25, 0.3) is 21.8 Å². The van der Waals surface area contributed by atoms with Gasteiger partial charge in [-0.3, -0.25) is 9.97 Å². The highest BCUT2D eigenvalue weighted by Crippen LogP contribution is 2.31. The first-order valence-corrected chi connectivity index (χ1v) is 8.29. The molecule has 0 aliphatic carbocycles. The highest BCUT2D eigenvalue weighted by Gasteiger charge is 2.43. The first-order valence-electron chi connectivity index (χ1n) is 8.29. The number of aliphatic hydroxyl groups excluding tert-OH is 4. The maximum atomic E-state index is 10.3. The molecule has 1 aromatic carbocycles. The smallest absolute Gasteiger partial charge is 0.157 e. The number of benzene rings is 1. The predicted molar refractivity (Wildman–Crippen MR) is 94.4 cm³/mol. The monoisotopic (exact) mass is 357 g/mol. The van der Waals surface area contributed by atoms with Crippen LogP contribution in [0, 0.1) is 0 Å². The molecule has 2 aromatic heterocycles. The second-order valence-electron chi connectivity index (χ2n) is 6.29. The second-order valence-corrected chi connectivity index (χ2v) is 6.29. The predicted octanol–water partition coefficient (Wildman–Crippen LogP) is -0.00520. The third-order valence-corrected chi connectivity index (χ3v) is 4.65. The maximum absolute atomic E-state index is 10.3. The topological polar surface area (TPSA) is 128 Å². The minimum Gasteiger partial charge on any atom is -0.394 e. The van der Waals surface area contributed by atoms with E-state index < -0.39 is 37.3 Å². The highest BCUT2D eigenvalue weighted by atomic mass is 16.6. The van der Waals surface area contributed by atoms with Gasteiger partial charge in [0.05, 0.1) is 17.6 Å². The number of fused-ring (bicyclic) bond motifs is 3. The van der Waals surface area contributed by atoms with Crippen molar-refractivity contribution in [3.05, 3.63) is 42.7 Å². The lowest BCUT2D eigenvalue weighted by atomic mass is 9.98. The van der Waals surface area contributed by atoms with Crippen molar-refractivity contribution in [1.82, 2.24) is 9.97 Å². The third kappa shape index (κ3) is 2.77. The lowest BCUT2D eigenvalue weighted by Crippen LogP contribution is -2.60. The van der Waals surface area contributed by atoms with Crippen molar-refractivity contribution in [2.45, 2.75) is 30.6 Å². The van der Waals surface area contributed by atoms with Crippen LogP contribution in [0.3, 0.4) is 0 Å². The Kier molecular flexibility index (Phi) is 4.43. The summed E-state index contributed by atoms with van der Waals surface area (Å²) in [5.41, 5.74) is 2.08. The molecular weight excluding hydrogens is 338 g/mol. The Morgan fingerprint density at radius 3 is 2.46 bits per heavy atom. The molecule has 1 fully saturated rings.